The maximum atomic E-state index is 11.6. The van der Waals surface area contributed by atoms with Crippen molar-refractivity contribution in [2.24, 2.45) is 5.10 Å². The summed E-state index contributed by atoms with van der Waals surface area (Å²) in [4.78, 5) is 37.0. The molecule has 0 saturated heterocycles. The number of nitrogens with one attached hydrogen (secondary N) is 5. The molecule has 0 aromatic heterocycles. The number of urea groups is 2. The molecule has 11 heteroatoms. The Bertz CT molecular complexity index is 478. The van der Waals surface area contributed by atoms with E-state index in [1.807, 2.05) is 0 Å². The van der Waals surface area contributed by atoms with E-state index in [1.54, 1.807) is 6.92 Å². The second-order valence-electron chi connectivity index (χ2n) is 5.03. The van der Waals surface area contributed by atoms with E-state index in [2.05, 4.69) is 31.5 Å². The van der Waals surface area contributed by atoms with E-state index >= 15 is 0 Å². The normalized spacial score (nSPS) is 18.5. The third-order valence-electron chi connectivity index (χ3n) is 3.20. The number of hydrazine groups is 2. The van der Waals surface area contributed by atoms with Gasteiger partial charge in [0, 0.05) is 18.0 Å². The Labute approximate surface area is 131 Å². The third-order valence-corrected chi connectivity index (χ3v) is 3.70. The van der Waals surface area contributed by atoms with Crippen LogP contribution in [-0.4, -0.2) is 40.6 Å². The monoisotopic (exact) mass is 329 g/mol. The van der Waals surface area contributed by atoms with Crippen LogP contribution in [0.15, 0.2) is 5.10 Å². The van der Waals surface area contributed by atoms with Gasteiger partial charge in [0.05, 0.1) is 12.3 Å². The van der Waals surface area contributed by atoms with Gasteiger partial charge in [-0.3, -0.25) is 10.2 Å². The van der Waals surface area contributed by atoms with Crippen molar-refractivity contribution in [1.29, 1.82) is 0 Å². The maximum absolute atomic E-state index is 11.6. The lowest BCUT2D eigenvalue weighted by molar-refractivity contribution is 0.172. The molecule has 0 unspecified atom stereocenters. The van der Waals surface area contributed by atoms with Gasteiger partial charge in [-0.1, -0.05) is 12.8 Å². The average molecular weight is 329 g/mol. The second-order valence-corrected chi connectivity index (χ2v) is 5.81. The zero-order valence-electron chi connectivity index (χ0n) is 12.1. The van der Waals surface area contributed by atoms with E-state index in [1.165, 1.54) is 0 Å². The van der Waals surface area contributed by atoms with Crippen LogP contribution in [0.2, 0.25) is 0 Å². The van der Waals surface area contributed by atoms with Crippen molar-refractivity contribution in [3.63, 3.8) is 0 Å². The molecule has 5 amide bonds. The number of nitrogens with zero attached hydrogens (tertiary/aromatic N) is 2. The van der Waals surface area contributed by atoms with Crippen LogP contribution in [0, 0.1) is 0 Å². The van der Waals surface area contributed by atoms with Crippen molar-refractivity contribution in [3.8, 4) is 0 Å². The Morgan fingerprint density at radius 1 is 1.36 bits per heavy atom. The summed E-state index contributed by atoms with van der Waals surface area (Å²) in [6.45, 7) is 1.90. The first-order valence-corrected chi connectivity index (χ1v) is 7.76. The molecule has 5 N–H and O–H groups in total. The number of carbonyl (C=O) groups is 3. The van der Waals surface area contributed by atoms with E-state index in [0.29, 0.717) is 5.71 Å². The molecule has 22 heavy (non-hydrogen) atoms. The fraction of sp³-hybridized carbons (Fsp3) is 0.636. The van der Waals surface area contributed by atoms with E-state index in [-0.39, 0.29) is 17.8 Å². The van der Waals surface area contributed by atoms with Gasteiger partial charge in [0.25, 0.3) is 5.24 Å². The van der Waals surface area contributed by atoms with Crippen molar-refractivity contribution >= 4 is 35.0 Å². The fourth-order valence-electron chi connectivity index (χ4n) is 2.16. The fourth-order valence-corrected chi connectivity index (χ4v) is 2.63. The molecule has 0 bridgehead atoms. The molecule has 1 aliphatic carbocycles. The predicted molar refractivity (Wildman–Crippen MR) is 81.5 cm³/mol. The standard InChI is InChI=1S/C11H19N7O3S/c1-7-6-18(10(20)15-13-7)16-9(19)14-17-22-11(21)12-8-4-2-3-5-8/h8,17H,2-6H2,1H3,(H,12,21)(H,15,20)(H2,14,16,19). The number of rotatable bonds is 4. The zero-order valence-corrected chi connectivity index (χ0v) is 13.0. The number of carbonyl (C=O) groups excluding carboxylic acids is 3. The first-order valence-electron chi connectivity index (χ1n) is 6.94. The highest BCUT2D eigenvalue weighted by atomic mass is 32.2. The van der Waals surface area contributed by atoms with Crippen molar-refractivity contribution in [2.75, 3.05) is 6.54 Å². The van der Waals surface area contributed by atoms with Crippen LogP contribution in [0.1, 0.15) is 32.6 Å². The lowest BCUT2D eigenvalue weighted by Crippen LogP contribution is -2.57. The molecule has 0 aromatic carbocycles. The number of amides is 5. The van der Waals surface area contributed by atoms with E-state index in [0.717, 1.165) is 42.6 Å². The molecule has 0 spiro atoms. The van der Waals surface area contributed by atoms with Crippen LogP contribution in [0.4, 0.5) is 14.4 Å². The zero-order chi connectivity index (χ0) is 15.9. The van der Waals surface area contributed by atoms with Crippen molar-refractivity contribution in [2.45, 2.75) is 38.6 Å². The first-order chi connectivity index (χ1) is 10.5. The van der Waals surface area contributed by atoms with Crippen LogP contribution in [0.5, 0.6) is 0 Å². The molecule has 0 aromatic rings. The molecular weight excluding hydrogens is 310 g/mol. The van der Waals surface area contributed by atoms with E-state index in [4.69, 9.17) is 0 Å². The quantitative estimate of drug-likeness (QED) is 0.377. The van der Waals surface area contributed by atoms with E-state index < -0.39 is 12.1 Å². The summed E-state index contributed by atoms with van der Waals surface area (Å²) in [5, 5.41) is 7.39. The molecule has 2 rings (SSSR count). The average Bonchev–Trinajstić information content (AvgIpc) is 2.95. The molecule has 122 valence electrons. The van der Waals surface area contributed by atoms with Gasteiger partial charge in [0.1, 0.15) is 0 Å². The molecular formula is C11H19N7O3S. The minimum absolute atomic E-state index is 0.189. The van der Waals surface area contributed by atoms with Crippen molar-refractivity contribution in [1.82, 2.24) is 31.4 Å². The molecule has 10 nitrogen and oxygen atoms in total. The summed E-state index contributed by atoms with van der Waals surface area (Å²) >= 11 is 0.740. The predicted octanol–water partition coefficient (Wildman–Crippen LogP) is 0.407. The maximum Gasteiger partial charge on any atom is 0.356 e. The Balaban J connectivity index is 1.62. The second kappa shape index (κ2) is 7.84. The summed E-state index contributed by atoms with van der Waals surface area (Å²) in [5.74, 6) is 0. The Morgan fingerprint density at radius 3 is 2.82 bits per heavy atom. The summed E-state index contributed by atoms with van der Waals surface area (Å²) < 4.78 is 0. The largest absolute Gasteiger partial charge is 0.356 e. The van der Waals surface area contributed by atoms with Gasteiger partial charge >= 0.3 is 12.1 Å². The van der Waals surface area contributed by atoms with Gasteiger partial charge in [-0.2, -0.15) is 9.93 Å². The summed E-state index contributed by atoms with van der Waals surface area (Å²) in [6, 6.07) is -0.978. The van der Waals surface area contributed by atoms with Crippen LogP contribution in [0.3, 0.4) is 0 Å². The van der Waals surface area contributed by atoms with Crippen LogP contribution < -0.4 is 26.4 Å². The lowest BCUT2D eigenvalue weighted by atomic mass is 10.3. The molecule has 1 fully saturated rings. The molecule has 1 heterocycles. The topological polar surface area (TPSA) is 127 Å². The molecule has 0 radical (unpaired) electrons. The van der Waals surface area contributed by atoms with Crippen molar-refractivity contribution < 1.29 is 14.4 Å². The van der Waals surface area contributed by atoms with E-state index in [9.17, 15) is 14.4 Å². The number of hydrogen-bond donors (Lipinski definition) is 5. The minimum atomic E-state index is -0.661. The SMILES string of the molecule is CC1=NNC(=O)N(NC(=O)NNSC(=O)NC2CCCC2)C1. The lowest BCUT2D eigenvalue weighted by Gasteiger charge is -2.25. The van der Waals surface area contributed by atoms with Gasteiger partial charge in [-0.05, 0) is 19.8 Å². The van der Waals surface area contributed by atoms with Gasteiger partial charge in [0.2, 0.25) is 0 Å². The number of hydrazone groups is 1. The highest BCUT2D eigenvalue weighted by Gasteiger charge is 2.21. The first kappa shape index (κ1) is 16.4. The molecule has 1 aliphatic heterocycles. The van der Waals surface area contributed by atoms with Gasteiger partial charge < -0.3 is 5.32 Å². The number of hydrogen-bond acceptors (Lipinski definition) is 6. The summed E-state index contributed by atoms with van der Waals surface area (Å²) in [5.41, 5.74) is 7.49. The van der Waals surface area contributed by atoms with Gasteiger partial charge in [0.15, 0.2) is 0 Å². The molecule has 1 saturated carbocycles. The van der Waals surface area contributed by atoms with Gasteiger partial charge in [-0.15, -0.1) is 0 Å². The van der Waals surface area contributed by atoms with Crippen molar-refractivity contribution in [3.05, 3.63) is 0 Å². The summed E-state index contributed by atoms with van der Waals surface area (Å²) in [7, 11) is 0. The van der Waals surface area contributed by atoms with Crippen LogP contribution >= 0.6 is 11.9 Å². The highest BCUT2D eigenvalue weighted by Crippen LogP contribution is 2.18. The highest BCUT2D eigenvalue weighted by molar-refractivity contribution is 8.11. The smallest absolute Gasteiger partial charge is 0.343 e. The Kier molecular flexibility index (Phi) is 5.83. The van der Waals surface area contributed by atoms with Crippen LogP contribution in [-0.2, 0) is 0 Å². The Morgan fingerprint density at radius 2 is 2.09 bits per heavy atom. The summed E-state index contributed by atoms with van der Waals surface area (Å²) in [6.07, 6.45) is 4.24. The van der Waals surface area contributed by atoms with Gasteiger partial charge in [-0.25, -0.2) is 25.4 Å². The molecule has 2 aliphatic rings. The minimum Gasteiger partial charge on any atom is -0.343 e. The molecule has 0 atom stereocenters. The Hall–Kier alpha value is -2.01. The third kappa shape index (κ3) is 5.07. The van der Waals surface area contributed by atoms with Crippen LogP contribution in [0.25, 0.3) is 0 Å².